The molecule has 20 heavy (non-hydrogen) atoms. The highest BCUT2D eigenvalue weighted by molar-refractivity contribution is 5.81. The number of ether oxygens (including phenoxy) is 1. The van der Waals surface area contributed by atoms with E-state index in [0.29, 0.717) is 13.0 Å². The Hall–Kier alpha value is -2.03. The maximum atomic E-state index is 11.5. The SMILES string of the molecule is CCOC(=O)C(C)/C=C/Cc1oc2ccccc2c1C. The molecular formula is C17H20O3. The first-order chi connectivity index (χ1) is 9.63. The number of hydrogen-bond donors (Lipinski definition) is 0. The van der Waals surface area contributed by atoms with Crippen molar-refractivity contribution < 1.29 is 13.9 Å². The van der Waals surface area contributed by atoms with Gasteiger partial charge in [0.2, 0.25) is 0 Å². The summed E-state index contributed by atoms with van der Waals surface area (Å²) in [6, 6.07) is 8.00. The number of carbonyl (C=O) groups is 1. The van der Waals surface area contributed by atoms with Crippen LogP contribution >= 0.6 is 0 Å². The fourth-order valence-corrected chi connectivity index (χ4v) is 2.15. The van der Waals surface area contributed by atoms with Gasteiger partial charge in [0.1, 0.15) is 11.3 Å². The predicted molar refractivity (Wildman–Crippen MR) is 79.6 cm³/mol. The van der Waals surface area contributed by atoms with E-state index in [0.717, 1.165) is 22.3 Å². The van der Waals surface area contributed by atoms with Crippen LogP contribution in [0.2, 0.25) is 0 Å². The Kier molecular flexibility index (Phi) is 4.61. The number of fused-ring (bicyclic) bond motifs is 1. The minimum absolute atomic E-state index is 0.190. The van der Waals surface area contributed by atoms with Crippen molar-refractivity contribution in [1.82, 2.24) is 0 Å². The van der Waals surface area contributed by atoms with Gasteiger partial charge in [-0.2, -0.15) is 0 Å². The summed E-state index contributed by atoms with van der Waals surface area (Å²) >= 11 is 0. The average Bonchev–Trinajstić information content (AvgIpc) is 2.76. The van der Waals surface area contributed by atoms with Gasteiger partial charge in [0.05, 0.1) is 12.5 Å². The zero-order chi connectivity index (χ0) is 14.5. The quantitative estimate of drug-likeness (QED) is 0.609. The van der Waals surface area contributed by atoms with Crippen LogP contribution < -0.4 is 0 Å². The van der Waals surface area contributed by atoms with E-state index in [1.165, 1.54) is 0 Å². The van der Waals surface area contributed by atoms with Crippen LogP contribution in [0.1, 0.15) is 25.2 Å². The Morgan fingerprint density at radius 3 is 2.85 bits per heavy atom. The lowest BCUT2D eigenvalue weighted by Gasteiger charge is -2.04. The van der Waals surface area contributed by atoms with Gasteiger partial charge in [-0.25, -0.2) is 0 Å². The Bertz CT molecular complexity index is 622. The molecule has 0 spiro atoms. The third kappa shape index (κ3) is 3.10. The minimum atomic E-state index is -0.223. The Morgan fingerprint density at radius 2 is 2.15 bits per heavy atom. The molecule has 2 rings (SSSR count). The van der Waals surface area contributed by atoms with Crippen molar-refractivity contribution in [3.63, 3.8) is 0 Å². The van der Waals surface area contributed by atoms with Crippen molar-refractivity contribution in [3.05, 3.63) is 47.7 Å². The first-order valence-electron chi connectivity index (χ1n) is 6.93. The second kappa shape index (κ2) is 6.42. The molecule has 3 nitrogen and oxygen atoms in total. The summed E-state index contributed by atoms with van der Waals surface area (Å²) in [5.41, 5.74) is 2.07. The molecule has 0 amide bonds. The molecule has 2 aromatic rings. The summed E-state index contributed by atoms with van der Waals surface area (Å²) in [7, 11) is 0. The molecule has 1 unspecified atom stereocenters. The molecular weight excluding hydrogens is 252 g/mol. The maximum absolute atomic E-state index is 11.5. The van der Waals surface area contributed by atoms with Gasteiger partial charge in [-0.3, -0.25) is 4.79 Å². The molecule has 1 atom stereocenters. The lowest BCUT2D eigenvalue weighted by atomic mass is 10.1. The molecule has 0 N–H and O–H groups in total. The van der Waals surface area contributed by atoms with E-state index in [1.54, 1.807) is 0 Å². The van der Waals surface area contributed by atoms with Crippen LogP contribution in [0.3, 0.4) is 0 Å². The molecule has 0 bridgehead atoms. The lowest BCUT2D eigenvalue weighted by molar-refractivity contribution is -0.145. The van der Waals surface area contributed by atoms with Crippen LogP contribution in [0.15, 0.2) is 40.8 Å². The summed E-state index contributed by atoms with van der Waals surface area (Å²) in [4.78, 5) is 11.5. The van der Waals surface area contributed by atoms with E-state index >= 15 is 0 Å². The third-order valence-electron chi connectivity index (χ3n) is 3.33. The number of furan rings is 1. The van der Waals surface area contributed by atoms with Crippen molar-refractivity contribution in [3.8, 4) is 0 Å². The molecule has 0 saturated carbocycles. The lowest BCUT2D eigenvalue weighted by Crippen LogP contribution is -2.12. The standard InChI is InChI=1S/C17H20O3/c1-4-19-17(18)12(2)8-7-11-15-13(3)14-9-5-6-10-16(14)20-15/h5-10,12H,4,11H2,1-3H3/b8-7+. The topological polar surface area (TPSA) is 39.4 Å². The number of aryl methyl sites for hydroxylation is 1. The molecule has 0 aliphatic heterocycles. The van der Waals surface area contributed by atoms with Crippen LogP contribution in [0.5, 0.6) is 0 Å². The second-order valence-electron chi connectivity index (χ2n) is 4.82. The van der Waals surface area contributed by atoms with Gasteiger partial charge in [0.15, 0.2) is 0 Å². The van der Waals surface area contributed by atoms with Gasteiger partial charge >= 0.3 is 5.97 Å². The molecule has 0 saturated heterocycles. The van der Waals surface area contributed by atoms with E-state index in [-0.39, 0.29) is 11.9 Å². The smallest absolute Gasteiger partial charge is 0.312 e. The summed E-state index contributed by atoms with van der Waals surface area (Å²) < 4.78 is 10.8. The molecule has 1 heterocycles. The summed E-state index contributed by atoms with van der Waals surface area (Å²) in [6.45, 7) is 6.12. The molecule has 0 radical (unpaired) electrons. The van der Waals surface area contributed by atoms with Gasteiger partial charge in [-0.1, -0.05) is 30.4 Å². The maximum Gasteiger partial charge on any atom is 0.312 e. The predicted octanol–water partition coefficient (Wildman–Crippen LogP) is 4.04. The number of esters is 1. The molecule has 106 valence electrons. The minimum Gasteiger partial charge on any atom is -0.466 e. The molecule has 0 fully saturated rings. The molecule has 0 aliphatic carbocycles. The monoisotopic (exact) mass is 272 g/mol. The van der Waals surface area contributed by atoms with Gasteiger partial charge in [0, 0.05) is 11.8 Å². The average molecular weight is 272 g/mol. The zero-order valence-corrected chi connectivity index (χ0v) is 12.2. The van der Waals surface area contributed by atoms with Crippen molar-refractivity contribution in [2.45, 2.75) is 27.2 Å². The van der Waals surface area contributed by atoms with Gasteiger partial charge in [0.25, 0.3) is 0 Å². The van der Waals surface area contributed by atoms with Crippen LogP contribution in [0.25, 0.3) is 11.0 Å². The number of benzene rings is 1. The second-order valence-corrected chi connectivity index (χ2v) is 4.82. The highest BCUT2D eigenvalue weighted by Crippen LogP contribution is 2.25. The number of carbonyl (C=O) groups excluding carboxylic acids is 1. The highest BCUT2D eigenvalue weighted by atomic mass is 16.5. The highest BCUT2D eigenvalue weighted by Gasteiger charge is 2.11. The normalized spacial score (nSPS) is 12.9. The van der Waals surface area contributed by atoms with Crippen LogP contribution in [0, 0.1) is 12.8 Å². The fraction of sp³-hybridized carbons (Fsp3) is 0.353. The molecule has 3 heteroatoms. The summed E-state index contributed by atoms with van der Waals surface area (Å²) in [5, 5.41) is 1.15. The Morgan fingerprint density at radius 1 is 1.40 bits per heavy atom. The number of para-hydroxylation sites is 1. The Labute approximate surface area is 119 Å². The van der Waals surface area contributed by atoms with E-state index in [4.69, 9.17) is 9.15 Å². The van der Waals surface area contributed by atoms with E-state index in [1.807, 2.05) is 44.2 Å². The number of allylic oxidation sites excluding steroid dienone is 1. The zero-order valence-electron chi connectivity index (χ0n) is 12.2. The van der Waals surface area contributed by atoms with Crippen LogP contribution in [0.4, 0.5) is 0 Å². The number of hydrogen-bond acceptors (Lipinski definition) is 3. The first kappa shape index (κ1) is 14.4. The van der Waals surface area contributed by atoms with Crippen LogP contribution in [-0.4, -0.2) is 12.6 Å². The van der Waals surface area contributed by atoms with Crippen molar-refractivity contribution >= 4 is 16.9 Å². The third-order valence-corrected chi connectivity index (χ3v) is 3.33. The number of rotatable bonds is 5. The van der Waals surface area contributed by atoms with E-state index in [9.17, 15) is 4.79 Å². The van der Waals surface area contributed by atoms with Crippen molar-refractivity contribution in [1.29, 1.82) is 0 Å². The molecule has 0 aliphatic rings. The molecule has 1 aromatic carbocycles. The first-order valence-corrected chi connectivity index (χ1v) is 6.93. The Balaban J connectivity index is 2.06. The van der Waals surface area contributed by atoms with Crippen molar-refractivity contribution in [2.24, 2.45) is 5.92 Å². The summed E-state index contributed by atoms with van der Waals surface area (Å²) in [6.07, 6.45) is 4.52. The van der Waals surface area contributed by atoms with Gasteiger partial charge in [-0.05, 0) is 32.4 Å². The largest absolute Gasteiger partial charge is 0.466 e. The molecule has 1 aromatic heterocycles. The van der Waals surface area contributed by atoms with Gasteiger partial charge < -0.3 is 9.15 Å². The summed E-state index contributed by atoms with van der Waals surface area (Å²) in [5.74, 6) is 0.531. The fourth-order valence-electron chi connectivity index (χ4n) is 2.15. The van der Waals surface area contributed by atoms with Crippen molar-refractivity contribution in [2.75, 3.05) is 6.61 Å². The van der Waals surface area contributed by atoms with Crippen LogP contribution in [-0.2, 0) is 16.0 Å². The van der Waals surface area contributed by atoms with Gasteiger partial charge in [-0.15, -0.1) is 0 Å². The van der Waals surface area contributed by atoms with E-state index < -0.39 is 0 Å². The van der Waals surface area contributed by atoms with E-state index in [2.05, 4.69) is 13.0 Å².